The maximum atomic E-state index is 12.1. The zero-order valence-electron chi connectivity index (χ0n) is 13.7. The van der Waals surface area contributed by atoms with Crippen LogP contribution in [-0.2, 0) is 11.2 Å². The molecule has 0 radical (unpaired) electrons. The van der Waals surface area contributed by atoms with Gasteiger partial charge in [0, 0.05) is 12.1 Å². The van der Waals surface area contributed by atoms with Gasteiger partial charge in [-0.1, -0.05) is 24.3 Å². The molecule has 1 amide bonds. The lowest BCUT2D eigenvalue weighted by atomic mass is 9.83. The molecule has 3 heteroatoms. The van der Waals surface area contributed by atoms with E-state index in [1.54, 1.807) is 0 Å². The van der Waals surface area contributed by atoms with E-state index in [2.05, 4.69) is 34.9 Å². The molecule has 1 aromatic carbocycles. The Morgan fingerprint density at radius 3 is 2.76 bits per heavy atom. The molecule has 0 saturated carbocycles. The van der Waals surface area contributed by atoms with Crippen molar-refractivity contribution in [3.63, 3.8) is 0 Å². The first-order valence-corrected chi connectivity index (χ1v) is 8.00. The quantitative estimate of drug-likeness (QED) is 0.894. The standard InChI is InChI=1S/C18H28N2O/c1-13(17(21)20-18(2,3)4)19-12-15-10-7-9-14-8-5-6-11-16(14)15/h5-6,8,11,13,15,19H,7,9-10,12H2,1-4H3,(H,20,21). The summed E-state index contributed by atoms with van der Waals surface area (Å²) >= 11 is 0. The fourth-order valence-corrected chi connectivity index (χ4v) is 2.96. The molecule has 21 heavy (non-hydrogen) atoms. The molecule has 1 aliphatic carbocycles. The van der Waals surface area contributed by atoms with Crippen LogP contribution in [0.5, 0.6) is 0 Å². The van der Waals surface area contributed by atoms with Crippen molar-refractivity contribution in [2.75, 3.05) is 6.54 Å². The summed E-state index contributed by atoms with van der Waals surface area (Å²) in [5.41, 5.74) is 2.76. The summed E-state index contributed by atoms with van der Waals surface area (Å²) in [5.74, 6) is 0.603. The molecule has 1 aromatic rings. The van der Waals surface area contributed by atoms with Gasteiger partial charge in [-0.15, -0.1) is 0 Å². The number of benzene rings is 1. The summed E-state index contributed by atoms with van der Waals surface area (Å²) in [7, 11) is 0. The van der Waals surface area contributed by atoms with Gasteiger partial charge >= 0.3 is 0 Å². The highest BCUT2D eigenvalue weighted by Gasteiger charge is 2.23. The molecule has 0 spiro atoms. The molecular formula is C18H28N2O. The number of rotatable bonds is 4. The van der Waals surface area contributed by atoms with E-state index in [1.807, 2.05) is 27.7 Å². The average molecular weight is 288 g/mol. The van der Waals surface area contributed by atoms with Gasteiger partial charge < -0.3 is 10.6 Å². The van der Waals surface area contributed by atoms with Gasteiger partial charge in [0.15, 0.2) is 0 Å². The van der Waals surface area contributed by atoms with Crippen molar-refractivity contribution in [3.05, 3.63) is 35.4 Å². The fraction of sp³-hybridized carbons (Fsp3) is 0.611. The highest BCUT2D eigenvalue weighted by Crippen LogP contribution is 2.30. The zero-order valence-corrected chi connectivity index (χ0v) is 13.7. The number of fused-ring (bicyclic) bond motifs is 1. The van der Waals surface area contributed by atoms with E-state index < -0.39 is 0 Å². The van der Waals surface area contributed by atoms with E-state index in [0.717, 1.165) is 6.54 Å². The van der Waals surface area contributed by atoms with Gasteiger partial charge in [0.2, 0.25) is 5.91 Å². The average Bonchev–Trinajstić information content (AvgIpc) is 2.42. The van der Waals surface area contributed by atoms with Crippen LogP contribution in [0.4, 0.5) is 0 Å². The highest BCUT2D eigenvalue weighted by molar-refractivity contribution is 5.81. The molecule has 2 rings (SSSR count). The molecule has 2 N–H and O–H groups in total. The second-order valence-corrected chi connectivity index (χ2v) is 7.16. The van der Waals surface area contributed by atoms with Crippen molar-refractivity contribution in [1.82, 2.24) is 10.6 Å². The summed E-state index contributed by atoms with van der Waals surface area (Å²) in [5, 5.41) is 6.43. The molecule has 0 bridgehead atoms. The van der Waals surface area contributed by atoms with Crippen LogP contribution in [0.25, 0.3) is 0 Å². The monoisotopic (exact) mass is 288 g/mol. The van der Waals surface area contributed by atoms with Crippen molar-refractivity contribution in [2.45, 2.75) is 64.5 Å². The normalized spacial score (nSPS) is 19.7. The third-order valence-electron chi connectivity index (χ3n) is 4.06. The second-order valence-electron chi connectivity index (χ2n) is 7.16. The smallest absolute Gasteiger partial charge is 0.237 e. The van der Waals surface area contributed by atoms with Gasteiger partial charge in [0.05, 0.1) is 6.04 Å². The Morgan fingerprint density at radius 2 is 2.05 bits per heavy atom. The molecule has 0 heterocycles. The second kappa shape index (κ2) is 6.61. The summed E-state index contributed by atoms with van der Waals surface area (Å²) in [6.07, 6.45) is 3.64. The van der Waals surface area contributed by atoms with Crippen LogP contribution in [0.2, 0.25) is 0 Å². The van der Waals surface area contributed by atoms with Gasteiger partial charge in [-0.2, -0.15) is 0 Å². The Bertz CT molecular complexity index is 490. The lowest BCUT2D eigenvalue weighted by molar-refractivity contribution is -0.124. The number of carbonyl (C=O) groups is 1. The molecule has 0 aromatic heterocycles. The molecule has 1 aliphatic rings. The molecule has 0 aliphatic heterocycles. The van der Waals surface area contributed by atoms with Crippen LogP contribution >= 0.6 is 0 Å². The van der Waals surface area contributed by atoms with E-state index in [-0.39, 0.29) is 17.5 Å². The minimum Gasteiger partial charge on any atom is -0.350 e. The van der Waals surface area contributed by atoms with Gasteiger partial charge in [-0.05, 0) is 64.0 Å². The molecule has 0 fully saturated rings. The van der Waals surface area contributed by atoms with Crippen LogP contribution in [0, 0.1) is 0 Å². The number of amides is 1. The van der Waals surface area contributed by atoms with Crippen molar-refractivity contribution < 1.29 is 4.79 Å². The van der Waals surface area contributed by atoms with Crippen LogP contribution in [-0.4, -0.2) is 24.0 Å². The van der Waals surface area contributed by atoms with Gasteiger partial charge in [0.25, 0.3) is 0 Å². The molecule has 116 valence electrons. The third kappa shape index (κ3) is 4.57. The van der Waals surface area contributed by atoms with Crippen molar-refractivity contribution in [3.8, 4) is 0 Å². The predicted octanol–water partition coefficient (Wildman–Crippen LogP) is 3.00. The highest BCUT2D eigenvalue weighted by atomic mass is 16.2. The predicted molar refractivity (Wildman–Crippen MR) is 87.5 cm³/mol. The maximum Gasteiger partial charge on any atom is 0.237 e. The SMILES string of the molecule is CC(NCC1CCCc2ccccc21)C(=O)NC(C)(C)C. The third-order valence-corrected chi connectivity index (χ3v) is 4.06. The van der Waals surface area contributed by atoms with Crippen LogP contribution in [0.15, 0.2) is 24.3 Å². The lowest BCUT2D eigenvalue weighted by Crippen LogP contribution is -2.50. The summed E-state index contributed by atoms with van der Waals surface area (Å²) in [6, 6.07) is 8.55. The maximum absolute atomic E-state index is 12.1. The Morgan fingerprint density at radius 1 is 1.33 bits per heavy atom. The van der Waals surface area contributed by atoms with Crippen LogP contribution in [0.1, 0.15) is 57.6 Å². The molecule has 0 saturated heterocycles. The number of hydrogen-bond donors (Lipinski definition) is 2. The molecule has 2 atom stereocenters. The fourth-order valence-electron chi connectivity index (χ4n) is 2.96. The number of carbonyl (C=O) groups excluding carboxylic acids is 1. The minimum absolute atomic E-state index is 0.0756. The summed E-state index contributed by atoms with van der Waals surface area (Å²) in [6.45, 7) is 8.84. The van der Waals surface area contributed by atoms with Crippen molar-refractivity contribution >= 4 is 5.91 Å². The summed E-state index contributed by atoms with van der Waals surface area (Å²) in [4.78, 5) is 12.1. The Balaban J connectivity index is 1.91. The zero-order chi connectivity index (χ0) is 15.5. The van der Waals surface area contributed by atoms with Gasteiger partial charge in [0.1, 0.15) is 0 Å². The number of hydrogen-bond acceptors (Lipinski definition) is 2. The number of nitrogens with one attached hydrogen (secondary N) is 2. The minimum atomic E-state index is -0.176. The Labute approximate surface area is 128 Å². The molecule has 2 unspecified atom stereocenters. The van der Waals surface area contributed by atoms with Crippen molar-refractivity contribution in [1.29, 1.82) is 0 Å². The Hall–Kier alpha value is -1.35. The molecule has 3 nitrogen and oxygen atoms in total. The first-order chi connectivity index (χ1) is 9.87. The van der Waals surface area contributed by atoms with E-state index in [1.165, 1.54) is 30.4 Å². The number of aryl methyl sites for hydroxylation is 1. The molecular weight excluding hydrogens is 260 g/mol. The van der Waals surface area contributed by atoms with Crippen LogP contribution < -0.4 is 10.6 Å². The lowest BCUT2D eigenvalue weighted by Gasteiger charge is -2.28. The van der Waals surface area contributed by atoms with Gasteiger partial charge in [-0.3, -0.25) is 4.79 Å². The van der Waals surface area contributed by atoms with Crippen LogP contribution in [0.3, 0.4) is 0 Å². The topological polar surface area (TPSA) is 41.1 Å². The Kier molecular flexibility index (Phi) is 5.04. The van der Waals surface area contributed by atoms with E-state index in [9.17, 15) is 4.79 Å². The van der Waals surface area contributed by atoms with E-state index in [0.29, 0.717) is 5.92 Å². The van der Waals surface area contributed by atoms with E-state index in [4.69, 9.17) is 0 Å². The first kappa shape index (κ1) is 16.0. The summed E-state index contributed by atoms with van der Waals surface area (Å²) < 4.78 is 0. The van der Waals surface area contributed by atoms with Gasteiger partial charge in [-0.25, -0.2) is 0 Å². The van der Waals surface area contributed by atoms with Crippen molar-refractivity contribution in [2.24, 2.45) is 0 Å². The van der Waals surface area contributed by atoms with E-state index >= 15 is 0 Å². The first-order valence-electron chi connectivity index (χ1n) is 8.00. The largest absolute Gasteiger partial charge is 0.350 e.